The number of anilines is 2. The van der Waals surface area contributed by atoms with Crippen molar-refractivity contribution in [2.75, 3.05) is 17.6 Å². The zero-order valence-corrected chi connectivity index (χ0v) is 13.3. The Labute approximate surface area is 129 Å². The third-order valence-electron chi connectivity index (χ3n) is 3.43. The first-order valence-electron chi connectivity index (χ1n) is 6.50. The van der Waals surface area contributed by atoms with Crippen LogP contribution < -0.4 is 16.4 Å². The van der Waals surface area contributed by atoms with Gasteiger partial charge in [0.15, 0.2) is 17.3 Å². The molecule has 118 valence electrons. The maximum absolute atomic E-state index is 12.7. The quantitative estimate of drug-likeness (QED) is 0.749. The number of halogens is 4. The van der Waals surface area contributed by atoms with Crippen LogP contribution in [0.2, 0.25) is 0 Å². The normalized spacial score (nSPS) is 22.1. The molecular formula is C12H17BrF3N5. The standard InChI is InChI=1S/C12H17BrF3N5/c1-11(2)4-3-6(5-18-11)19-10-9(17)20-7(8(13)21-10)12(14,15)16/h6,18H,3-5H2,1-2H3,(H2,17,20)(H,19,21)/t6-/m0/s1. The number of hydrogen-bond acceptors (Lipinski definition) is 5. The molecule has 1 aromatic heterocycles. The van der Waals surface area contributed by atoms with Gasteiger partial charge in [-0.05, 0) is 42.6 Å². The predicted octanol–water partition coefficient (Wildman–Crippen LogP) is 2.78. The van der Waals surface area contributed by atoms with Crippen molar-refractivity contribution in [3.63, 3.8) is 0 Å². The third kappa shape index (κ3) is 3.97. The molecule has 21 heavy (non-hydrogen) atoms. The van der Waals surface area contributed by atoms with Gasteiger partial charge in [-0.25, -0.2) is 9.97 Å². The molecule has 0 unspecified atom stereocenters. The summed E-state index contributed by atoms with van der Waals surface area (Å²) in [7, 11) is 0. The van der Waals surface area contributed by atoms with Crippen molar-refractivity contribution in [1.82, 2.24) is 15.3 Å². The van der Waals surface area contributed by atoms with E-state index in [1.807, 2.05) is 0 Å². The predicted molar refractivity (Wildman–Crippen MR) is 77.9 cm³/mol. The summed E-state index contributed by atoms with van der Waals surface area (Å²) in [6, 6.07) is 0.0539. The lowest BCUT2D eigenvalue weighted by molar-refractivity contribution is -0.142. The van der Waals surface area contributed by atoms with E-state index in [1.54, 1.807) is 0 Å². The number of nitrogen functional groups attached to an aromatic ring is 1. The van der Waals surface area contributed by atoms with Crippen LogP contribution in [0, 0.1) is 0 Å². The molecule has 1 aromatic rings. The van der Waals surface area contributed by atoms with Crippen LogP contribution >= 0.6 is 15.9 Å². The molecule has 0 radical (unpaired) electrons. The van der Waals surface area contributed by atoms with Gasteiger partial charge in [0.25, 0.3) is 0 Å². The van der Waals surface area contributed by atoms with Gasteiger partial charge in [-0.1, -0.05) is 0 Å². The molecule has 9 heteroatoms. The first-order valence-corrected chi connectivity index (χ1v) is 7.29. The molecule has 4 N–H and O–H groups in total. The molecule has 0 aliphatic carbocycles. The van der Waals surface area contributed by atoms with Crippen molar-refractivity contribution in [2.45, 2.75) is 44.4 Å². The van der Waals surface area contributed by atoms with Gasteiger partial charge in [-0.2, -0.15) is 13.2 Å². The fourth-order valence-electron chi connectivity index (χ4n) is 2.16. The highest BCUT2D eigenvalue weighted by molar-refractivity contribution is 9.10. The third-order valence-corrected chi connectivity index (χ3v) is 3.99. The van der Waals surface area contributed by atoms with Crippen LogP contribution in [0.3, 0.4) is 0 Å². The molecule has 0 aromatic carbocycles. The molecular weight excluding hydrogens is 351 g/mol. The fraction of sp³-hybridized carbons (Fsp3) is 0.667. The first kappa shape index (κ1) is 16.3. The number of nitrogens with zero attached hydrogens (tertiary/aromatic N) is 2. The van der Waals surface area contributed by atoms with Crippen LogP contribution in [-0.2, 0) is 6.18 Å². The average molecular weight is 368 g/mol. The van der Waals surface area contributed by atoms with Crippen molar-refractivity contribution in [3.05, 3.63) is 10.3 Å². The Morgan fingerprint density at radius 2 is 2.05 bits per heavy atom. The second-order valence-electron chi connectivity index (χ2n) is 5.74. The second kappa shape index (κ2) is 5.60. The van der Waals surface area contributed by atoms with E-state index in [-0.39, 0.29) is 27.8 Å². The van der Waals surface area contributed by atoms with Gasteiger partial charge in [0.1, 0.15) is 4.60 Å². The van der Waals surface area contributed by atoms with Gasteiger partial charge < -0.3 is 16.4 Å². The molecule has 0 bridgehead atoms. The monoisotopic (exact) mass is 367 g/mol. The van der Waals surface area contributed by atoms with Gasteiger partial charge in [-0.3, -0.25) is 0 Å². The molecule has 0 saturated carbocycles. The summed E-state index contributed by atoms with van der Waals surface area (Å²) < 4.78 is 37.7. The summed E-state index contributed by atoms with van der Waals surface area (Å²) in [4.78, 5) is 7.24. The summed E-state index contributed by atoms with van der Waals surface area (Å²) in [6.45, 7) is 4.89. The molecule has 1 fully saturated rings. The maximum atomic E-state index is 12.7. The van der Waals surface area contributed by atoms with Gasteiger partial charge in [0.2, 0.25) is 0 Å². The Kier molecular flexibility index (Phi) is 4.34. The summed E-state index contributed by atoms with van der Waals surface area (Å²) in [5.41, 5.74) is 4.53. The number of rotatable bonds is 2. The Balaban J connectivity index is 2.13. The molecule has 2 heterocycles. The van der Waals surface area contributed by atoms with Gasteiger partial charge in [-0.15, -0.1) is 0 Å². The van der Waals surface area contributed by atoms with Crippen LogP contribution in [0.15, 0.2) is 4.60 Å². The zero-order valence-electron chi connectivity index (χ0n) is 11.7. The van der Waals surface area contributed by atoms with Crippen molar-refractivity contribution in [3.8, 4) is 0 Å². The van der Waals surface area contributed by atoms with E-state index in [0.29, 0.717) is 6.54 Å². The minimum absolute atomic E-state index is 0.0539. The number of piperidine rings is 1. The minimum Gasteiger partial charge on any atom is -0.381 e. The van der Waals surface area contributed by atoms with Crippen LogP contribution in [0.1, 0.15) is 32.4 Å². The zero-order chi connectivity index (χ0) is 15.8. The molecule has 1 aliphatic rings. The SMILES string of the molecule is CC1(C)CC[C@H](Nc2nc(Br)c(C(F)(F)F)nc2N)CN1. The lowest BCUT2D eigenvalue weighted by atomic mass is 9.91. The van der Waals surface area contributed by atoms with E-state index in [9.17, 15) is 13.2 Å². The number of aromatic nitrogens is 2. The number of nitrogens with two attached hydrogens (primary N) is 1. The Morgan fingerprint density at radius 1 is 1.38 bits per heavy atom. The molecule has 1 atom stereocenters. The molecule has 0 amide bonds. The van der Waals surface area contributed by atoms with Crippen LogP contribution in [0.25, 0.3) is 0 Å². The summed E-state index contributed by atoms with van der Waals surface area (Å²) in [5, 5.41) is 6.40. The fourth-order valence-corrected chi connectivity index (χ4v) is 2.65. The number of alkyl halides is 3. The van der Waals surface area contributed by atoms with Crippen LogP contribution in [-0.4, -0.2) is 28.1 Å². The first-order chi connectivity index (χ1) is 9.58. The van der Waals surface area contributed by atoms with Gasteiger partial charge >= 0.3 is 6.18 Å². The molecule has 0 spiro atoms. The molecule has 1 aliphatic heterocycles. The topological polar surface area (TPSA) is 75.9 Å². The van der Waals surface area contributed by atoms with E-state index < -0.39 is 11.9 Å². The van der Waals surface area contributed by atoms with E-state index in [0.717, 1.165) is 12.8 Å². The molecule has 1 saturated heterocycles. The van der Waals surface area contributed by atoms with Gasteiger partial charge in [0, 0.05) is 18.1 Å². The van der Waals surface area contributed by atoms with E-state index in [1.165, 1.54) is 0 Å². The van der Waals surface area contributed by atoms with Crippen molar-refractivity contribution >= 4 is 27.6 Å². The van der Waals surface area contributed by atoms with Crippen molar-refractivity contribution < 1.29 is 13.2 Å². The number of hydrogen-bond donors (Lipinski definition) is 3. The van der Waals surface area contributed by atoms with Gasteiger partial charge in [0.05, 0.1) is 0 Å². The average Bonchev–Trinajstić information content (AvgIpc) is 2.34. The Morgan fingerprint density at radius 3 is 2.57 bits per heavy atom. The summed E-state index contributed by atoms with van der Waals surface area (Å²) in [6.07, 6.45) is -2.77. The van der Waals surface area contributed by atoms with E-state index in [2.05, 4.69) is 50.4 Å². The number of nitrogens with one attached hydrogen (secondary N) is 2. The Bertz CT molecular complexity index is 522. The largest absolute Gasteiger partial charge is 0.436 e. The smallest absolute Gasteiger partial charge is 0.381 e. The van der Waals surface area contributed by atoms with Crippen LogP contribution in [0.4, 0.5) is 24.8 Å². The van der Waals surface area contributed by atoms with E-state index >= 15 is 0 Å². The van der Waals surface area contributed by atoms with Crippen LogP contribution in [0.5, 0.6) is 0 Å². The minimum atomic E-state index is -4.59. The second-order valence-corrected chi connectivity index (χ2v) is 6.49. The highest BCUT2D eigenvalue weighted by Crippen LogP contribution is 2.34. The maximum Gasteiger partial charge on any atom is 0.436 e. The molecule has 5 nitrogen and oxygen atoms in total. The highest BCUT2D eigenvalue weighted by Gasteiger charge is 2.37. The Hall–Kier alpha value is -1.09. The van der Waals surface area contributed by atoms with Crippen molar-refractivity contribution in [1.29, 1.82) is 0 Å². The van der Waals surface area contributed by atoms with E-state index in [4.69, 9.17) is 5.73 Å². The summed E-state index contributed by atoms with van der Waals surface area (Å²) >= 11 is 2.80. The highest BCUT2D eigenvalue weighted by atomic mass is 79.9. The molecule has 2 rings (SSSR count). The van der Waals surface area contributed by atoms with Crippen molar-refractivity contribution in [2.24, 2.45) is 0 Å². The lowest BCUT2D eigenvalue weighted by Gasteiger charge is -2.36. The summed E-state index contributed by atoms with van der Waals surface area (Å²) in [5.74, 6) is -0.0864. The lowest BCUT2D eigenvalue weighted by Crippen LogP contribution is -2.50.